The molecule has 0 aliphatic carbocycles. The zero-order valence-electron chi connectivity index (χ0n) is 15.2. The van der Waals surface area contributed by atoms with E-state index in [-0.39, 0.29) is 24.5 Å². The van der Waals surface area contributed by atoms with Crippen LogP contribution < -0.4 is 15.4 Å². The third-order valence-corrected chi connectivity index (χ3v) is 5.09. The van der Waals surface area contributed by atoms with Crippen molar-refractivity contribution in [3.05, 3.63) is 54.0 Å². The summed E-state index contributed by atoms with van der Waals surface area (Å²) in [6.45, 7) is -0.0186. The Morgan fingerprint density at radius 3 is 3.11 bits per heavy atom. The van der Waals surface area contributed by atoms with Gasteiger partial charge in [-0.05, 0) is 48.8 Å². The standard InChI is InChI=1S/C19H19N5O3S/c1-28-9-7-13(18-23-22-16-4-2-3-8-24(16)18)21-19(26)12-5-6-15-14(10-12)20-17(25)11-27-15/h2-6,8,10,13H,7,9,11H2,1H3,(H,20,25)(H,21,26)/t13-/m0/s1. The lowest BCUT2D eigenvalue weighted by Gasteiger charge is -2.20. The zero-order valence-corrected chi connectivity index (χ0v) is 16.0. The molecule has 4 rings (SSSR count). The van der Waals surface area contributed by atoms with Gasteiger partial charge in [-0.1, -0.05) is 6.07 Å². The third kappa shape index (κ3) is 3.65. The van der Waals surface area contributed by atoms with Crippen molar-refractivity contribution in [1.29, 1.82) is 0 Å². The highest BCUT2D eigenvalue weighted by atomic mass is 32.2. The van der Waals surface area contributed by atoms with Gasteiger partial charge in [0.05, 0.1) is 11.7 Å². The van der Waals surface area contributed by atoms with Crippen molar-refractivity contribution in [2.45, 2.75) is 12.5 Å². The maximum absolute atomic E-state index is 12.9. The first kappa shape index (κ1) is 18.3. The average molecular weight is 397 g/mol. The predicted octanol–water partition coefficient (Wildman–Crippen LogP) is 2.28. The summed E-state index contributed by atoms with van der Waals surface area (Å²) < 4.78 is 7.22. The number of nitrogens with zero attached hydrogens (tertiary/aromatic N) is 3. The van der Waals surface area contributed by atoms with Crippen molar-refractivity contribution in [3.63, 3.8) is 0 Å². The molecule has 0 saturated heterocycles. The molecule has 0 radical (unpaired) electrons. The van der Waals surface area contributed by atoms with Crippen molar-refractivity contribution >= 4 is 34.9 Å². The summed E-state index contributed by atoms with van der Waals surface area (Å²) in [7, 11) is 0. The second-order valence-electron chi connectivity index (χ2n) is 6.34. The van der Waals surface area contributed by atoms with E-state index in [0.717, 1.165) is 11.4 Å². The van der Waals surface area contributed by atoms with Crippen LogP contribution in [0, 0.1) is 0 Å². The monoisotopic (exact) mass is 397 g/mol. The number of anilines is 1. The molecule has 9 heteroatoms. The quantitative estimate of drug-likeness (QED) is 0.662. The van der Waals surface area contributed by atoms with Gasteiger partial charge >= 0.3 is 0 Å². The van der Waals surface area contributed by atoms with Crippen LogP contribution in [-0.2, 0) is 4.79 Å². The van der Waals surface area contributed by atoms with Crippen LogP contribution in [0.5, 0.6) is 5.75 Å². The average Bonchev–Trinajstić information content (AvgIpc) is 3.14. The summed E-state index contributed by atoms with van der Waals surface area (Å²) in [5.74, 6) is 1.62. The first-order chi connectivity index (χ1) is 13.7. The van der Waals surface area contributed by atoms with E-state index in [2.05, 4.69) is 20.8 Å². The molecule has 0 unspecified atom stereocenters. The van der Waals surface area contributed by atoms with Crippen LogP contribution in [0.1, 0.15) is 28.6 Å². The van der Waals surface area contributed by atoms with Crippen molar-refractivity contribution in [1.82, 2.24) is 19.9 Å². The normalized spacial score (nSPS) is 14.1. The van der Waals surface area contributed by atoms with Crippen LogP contribution in [-0.4, -0.2) is 45.0 Å². The highest BCUT2D eigenvalue weighted by Gasteiger charge is 2.22. The van der Waals surface area contributed by atoms with Crippen LogP contribution in [0.3, 0.4) is 0 Å². The molecule has 0 fully saturated rings. The smallest absolute Gasteiger partial charge is 0.262 e. The first-order valence-corrected chi connectivity index (χ1v) is 10.2. The number of benzene rings is 1. The minimum atomic E-state index is -0.292. The molecule has 3 heterocycles. The summed E-state index contributed by atoms with van der Waals surface area (Å²) in [6, 6.07) is 10.4. The van der Waals surface area contributed by atoms with Crippen LogP contribution in [0.4, 0.5) is 5.69 Å². The molecule has 3 aromatic rings. The van der Waals surface area contributed by atoms with Crippen LogP contribution in [0.25, 0.3) is 5.65 Å². The molecule has 2 amide bonds. The van der Waals surface area contributed by atoms with Gasteiger partial charge in [0.15, 0.2) is 18.1 Å². The molecule has 144 valence electrons. The molecular weight excluding hydrogens is 378 g/mol. The molecule has 1 atom stereocenters. The highest BCUT2D eigenvalue weighted by molar-refractivity contribution is 7.98. The lowest BCUT2D eigenvalue weighted by atomic mass is 10.1. The van der Waals surface area contributed by atoms with Gasteiger partial charge in [0.2, 0.25) is 0 Å². The molecule has 1 aromatic carbocycles. The third-order valence-electron chi connectivity index (χ3n) is 4.44. The topological polar surface area (TPSA) is 97.6 Å². The van der Waals surface area contributed by atoms with Gasteiger partial charge < -0.3 is 15.4 Å². The van der Waals surface area contributed by atoms with Crippen molar-refractivity contribution in [3.8, 4) is 5.75 Å². The van der Waals surface area contributed by atoms with Gasteiger partial charge in [-0.3, -0.25) is 14.0 Å². The van der Waals surface area contributed by atoms with Crippen molar-refractivity contribution < 1.29 is 14.3 Å². The molecule has 28 heavy (non-hydrogen) atoms. The van der Waals surface area contributed by atoms with Crippen LogP contribution >= 0.6 is 11.8 Å². The Morgan fingerprint density at radius 2 is 2.25 bits per heavy atom. The van der Waals surface area contributed by atoms with Gasteiger partial charge in [-0.25, -0.2) is 0 Å². The van der Waals surface area contributed by atoms with Gasteiger partial charge in [0, 0.05) is 11.8 Å². The number of pyridine rings is 1. The summed E-state index contributed by atoms with van der Waals surface area (Å²) in [4.78, 5) is 24.4. The lowest BCUT2D eigenvalue weighted by molar-refractivity contribution is -0.118. The van der Waals surface area contributed by atoms with E-state index in [4.69, 9.17) is 4.74 Å². The number of ether oxygens (including phenoxy) is 1. The fraction of sp³-hybridized carbons (Fsp3) is 0.263. The maximum atomic E-state index is 12.9. The van der Waals surface area contributed by atoms with Gasteiger partial charge in [-0.2, -0.15) is 11.8 Å². The number of nitrogens with one attached hydrogen (secondary N) is 2. The van der Waals surface area contributed by atoms with Gasteiger partial charge in [0.25, 0.3) is 11.8 Å². The van der Waals surface area contributed by atoms with Gasteiger partial charge in [0.1, 0.15) is 5.75 Å². The Labute approximate surface area is 165 Å². The largest absolute Gasteiger partial charge is 0.482 e. The second kappa shape index (κ2) is 7.89. The number of amides is 2. The van der Waals surface area contributed by atoms with Crippen LogP contribution in [0.15, 0.2) is 42.6 Å². The number of fused-ring (bicyclic) bond motifs is 2. The van der Waals surface area contributed by atoms with E-state index >= 15 is 0 Å². The van der Waals surface area contributed by atoms with Crippen molar-refractivity contribution in [2.24, 2.45) is 0 Å². The van der Waals surface area contributed by atoms with Crippen molar-refractivity contribution in [2.75, 3.05) is 23.9 Å². The predicted molar refractivity (Wildman–Crippen MR) is 107 cm³/mol. The Morgan fingerprint density at radius 1 is 1.36 bits per heavy atom. The van der Waals surface area contributed by atoms with E-state index in [1.54, 1.807) is 30.0 Å². The SMILES string of the molecule is CSCC[C@H](NC(=O)c1ccc2c(c1)NC(=O)CO2)c1nnc2ccccn12. The molecule has 1 aliphatic rings. The number of thioether (sulfide) groups is 1. The van der Waals surface area contributed by atoms with E-state index < -0.39 is 0 Å². The number of hydrogen-bond acceptors (Lipinski definition) is 6. The van der Waals surface area contributed by atoms with Crippen LogP contribution in [0.2, 0.25) is 0 Å². The molecule has 1 aliphatic heterocycles. The summed E-state index contributed by atoms with van der Waals surface area (Å²) in [5.41, 5.74) is 1.67. The van der Waals surface area contributed by atoms with E-state index in [1.807, 2.05) is 35.1 Å². The molecule has 0 saturated carbocycles. The number of carbonyl (C=O) groups excluding carboxylic acids is 2. The molecule has 2 N–H and O–H groups in total. The Kier molecular flexibility index (Phi) is 5.16. The summed E-state index contributed by atoms with van der Waals surface area (Å²) in [6.07, 6.45) is 4.62. The number of carbonyl (C=O) groups is 2. The summed E-state index contributed by atoms with van der Waals surface area (Å²) in [5, 5.41) is 14.2. The Balaban J connectivity index is 1.59. The second-order valence-corrected chi connectivity index (χ2v) is 7.33. The fourth-order valence-electron chi connectivity index (χ4n) is 3.06. The van der Waals surface area contributed by atoms with Gasteiger partial charge in [-0.15, -0.1) is 10.2 Å². The number of rotatable bonds is 6. The highest BCUT2D eigenvalue weighted by Crippen LogP contribution is 2.29. The van der Waals surface area contributed by atoms with E-state index in [9.17, 15) is 9.59 Å². The lowest BCUT2D eigenvalue weighted by Crippen LogP contribution is -2.31. The molecule has 2 aromatic heterocycles. The van der Waals surface area contributed by atoms with E-state index in [0.29, 0.717) is 29.2 Å². The number of aromatic nitrogens is 3. The maximum Gasteiger partial charge on any atom is 0.262 e. The minimum Gasteiger partial charge on any atom is -0.482 e. The Bertz CT molecular complexity index is 1040. The zero-order chi connectivity index (χ0) is 19.5. The first-order valence-electron chi connectivity index (χ1n) is 8.82. The van der Waals surface area contributed by atoms with E-state index in [1.165, 1.54) is 0 Å². The Hall–Kier alpha value is -3.07. The molecule has 0 bridgehead atoms. The molecular formula is C19H19N5O3S. The fourth-order valence-corrected chi connectivity index (χ4v) is 3.54. The minimum absolute atomic E-state index is 0.0186. The molecule has 8 nitrogen and oxygen atoms in total. The summed E-state index contributed by atoms with van der Waals surface area (Å²) >= 11 is 1.70. The molecule has 0 spiro atoms. The number of hydrogen-bond donors (Lipinski definition) is 2.